The third-order valence-corrected chi connectivity index (χ3v) is 5.17. The topological polar surface area (TPSA) is 93.8 Å². The standard InChI is InChI=1S/C10H6ClF3N4O.C10H14F2N2O2.2C2H6/c11-7-1-8-15-2-6-9(18(8)16-7)5(10(12,13)14)3-17(6)4-19;1-3-4-16-8-5-7(13-2)6-14(9(8)15)10(11)12;2*1-2/h1-2,4-5H,3H2;5-6,10,13H,3-4H2,1-2H3;2*1-2H3. The van der Waals surface area contributed by atoms with Crippen LogP contribution in [-0.2, 0) is 4.79 Å². The number of aromatic nitrogens is 4. The van der Waals surface area contributed by atoms with Gasteiger partial charge in [0.05, 0.1) is 29.9 Å². The fraction of sp³-hybridized carbons (Fsp3) is 0.500. The van der Waals surface area contributed by atoms with Crippen LogP contribution in [0.15, 0.2) is 29.3 Å². The van der Waals surface area contributed by atoms with Crippen molar-refractivity contribution in [1.82, 2.24) is 19.2 Å². The van der Waals surface area contributed by atoms with E-state index in [2.05, 4.69) is 15.4 Å². The maximum atomic E-state index is 13.0. The highest BCUT2D eigenvalue weighted by Crippen LogP contribution is 2.44. The highest BCUT2D eigenvalue weighted by Gasteiger charge is 2.49. The molecule has 1 N–H and O–H groups in total. The number of halogens is 6. The molecule has 1 aliphatic rings. The second-order valence-electron chi connectivity index (χ2n) is 7.30. The van der Waals surface area contributed by atoms with Crippen molar-refractivity contribution in [2.75, 3.05) is 30.4 Å². The monoisotopic (exact) mass is 582 g/mol. The first kappa shape index (κ1) is 33.6. The number of fused-ring (bicyclic) bond motifs is 3. The van der Waals surface area contributed by atoms with Crippen LogP contribution >= 0.6 is 11.6 Å². The smallest absolute Gasteiger partial charge is 0.399 e. The van der Waals surface area contributed by atoms with E-state index in [9.17, 15) is 31.5 Å². The number of amides is 1. The maximum Gasteiger partial charge on any atom is 0.399 e. The molecule has 0 bridgehead atoms. The Kier molecular flexibility index (Phi) is 13.1. The average Bonchev–Trinajstić information content (AvgIpc) is 3.50. The van der Waals surface area contributed by atoms with E-state index in [0.717, 1.165) is 15.6 Å². The summed E-state index contributed by atoms with van der Waals surface area (Å²) in [6.45, 7) is 6.85. The van der Waals surface area contributed by atoms with Gasteiger partial charge in [0.1, 0.15) is 5.92 Å². The lowest BCUT2D eigenvalue weighted by Crippen LogP contribution is -2.27. The van der Waals surface area contributed by atoms with Crippen LogP contribution in [0.5, 0.6) is 5.75 Å². The number of alkyl halides is 5. The maximum absolute atomic E-state index is 13.0. The minimum Gasteiger partial charge on any atom is -0.488 e. The molecule has 1 unspecified atom stereocenters. The number of ether oxygens (including phenoxy) is 1. The van der Waals surface area contributed by atoms with E-state index in [-0.39, 0.29) is 27.9 Å². The van der Waals surface area contributed by atoms with E-state index in [4.69, 9.17) is 16.3 Å². The van der Waals surface area contributed by atoms with Gasteiger partial charge in [-0.25, -0.2) is 9.50 Å². The van der Waals surface area contributed by atoms with Gasteiger partial charge < -0.3 is 15.0 Å². The largest absolute Gasteiger partial charge is 0.488 e. The number of anilines is 2. The van der Waals surface area contributed by atoms with E-state index in [0.29, 0.717) is 29.7 Å². The van der Waals surface area contributed by atoms with E-state index < -0.39 is 30.7 Å². The van der Waals surface area contributed by atoms with Gasteiger partial charge in [0.25, 0.3) is 5.56 Å². The lowest BCUT2D eigenvalue weighted by molar-refractivity contribution is -0.147. The van der Waals surface area contributed by atoms with Crippen molar-refractivity contribution in [3.05, 3.63) is 45.7 Å². The van der Waals surface area contributed by atoms with Gasteiger partial charge in [0.15, 0.2) is 16.5 Å². The molecule has 0 aliphatic carbocycles. The average molecular weight is 583 g/mol. The fourth-order valence-electron chi connectivity index (χ4n) is 3.37. The molecule has 3 aromatic heterocycles. The molecule has 4 heterocycles. The minimum atomic E-state index is -4.47. The first-order valence-electron chi connectivity index (χ1n) is 12.2. The number of rotatable bonds is 6. The zero-order chi connectivity index (χ0) is 29.9. The van der Waals surface area contributed by atoms with Crippen molar-refractivity contribution in [3.8, 4) is 5.75 Å². The Morgan fingerprint density at radius 1 is 1.23 bits per heavy atom. The molecular formula is C24H32ClF5N6O3. The summed E-state index contributed by atoms with van der Waals surface area (Å²) in [6, 6.07) is 2.77. The van der Waals surface area contributed by atoms with E-state index in [1.807, 2.05) is 34.6 Å². The fourth-order valence-corrected chi connectivity index (χ4v) is 3.55. The number of hydrogen-bond donors (Lipinski definition) is 1. The predicted octanol–water partition coefficient (Wildman–Crippen LogP) is 6.13. The molecule has 218 valence electrons. The normalized spacial score (nSPS) is 13.9. The van der Waals surface area contributed by atoms with Gasteiger partial charge in [-0.1, -0.05) is 46.2 Å². The Morgan fingerprint density at radius 3 is 2.38 bits per heavy atom. The van der Waals surface area contributed by atoms with Gasteiger partial charge in [-0.2, -0.15) is 27.1 Å². The molecule has 0 saturated carbocycles. The summed E-state index contributed by atoms with van der Waals surface area (Å²) in [7, 11) is 1.58. The van der Waals surface area contributed by atoms with Crippen molar-refractivity contribution in [1.29, 1.82) is 0 Å². The molecule has 1 aliphatic heterocycles. The molecule has 0 fully saturated rings. The number of hydrogen-bond acceptors (Lipinski definition) is 6. The molecule has 1 amide bonds. The Hall–Kier alpha value is -3.42. The van der Waals surface area contributed by atoms with Crippen molar-refractivity contribution in [2.45, 2.75) is 59.7 Å². The summed E-state index contributed by atoms with van der Waals surface area (Å²) in [5, 5.41) is 6.54. The summed E-state index contributed by atoms with van der Waals surface area (Å²) in [5.41, 5.74) is -0.208. The van der Waals surface area contributed by atoms with Crippen molar-refractivity contribution in [2.24, 2.45) is 0 Å². The van der Waals surface area contributed by atoms with Gasteiger partial charge in [-0.05, 0) is 6.42 Å². The van der Waals surface area contributed by atoms with Crippen LogP contribution in [0.2, 0.25) is 5.15 Å². The van der Waals surface area contributed by atoms with Gasteiger partial charge in [0.2, 0.25) is 6.41 Å². The lowest BCUT2D eigenvalue weighted by atomic mass is 10.1. The van der Waals surface area contributed by atoms with Crippen LogP contribution in [0.25, 0.3) is 5.65 Å². The van der Waals surface area contributed by atoms with E-state index in [1.54, 1.807) is 7.05 Å². The van der Waals surface area contributed by atoms with Crippen molar-refractivity contribution >= 4 is 35.0 Å². The molecule has 1 atom stereocenters. The van der Waals surface area contributed by atoms with Crippen molar-refractivity contribution in [3.63, 3.8) is 0 Å². The summed E-state index contributed by atoms with van der Waals surface area (Å²) >= 11 is 5.68. The predicted molar refractivity (Wildman–Crippen MR) is 140 cm³/mol. The highest BCUT2D eigenvalue weighted by atomic mass is 35.5. The molecule has 0 radical (unpaired) electrons. The summed E-state index contributed by atoms with van der Waals surface area (Å²) in [4.78, 5) is 27.3. The Balaban J connectivity index is 0.000000351. The summed E-state index contributed by atoms with van der Waals surface area (Å²) < 4.78 is 70.7. The first-order valence-corrected chi connectivity index (χ1v) is 12.6. The van der Waals surface area contributed by atoms with E-state index >= 15 is 0 Å². The Bertz CT molecular complexity index is 1270. The number of carbonyl (C=O) groups excluding carboxylic acids is 1. The number of nitrogens with zero attached hydrogens (tertiary/aromatic N) is 5. The third kappa shape index (κ3) is 8.04. The van der Waals surface area contributed by atoms with Crippen LogP contribution in [0, 0.1) is 0 Å². The van der Waals surface area contributed by atoms with Gasteiger partial charge >= 0.3 is 12.7 Å². The second kappa shape index (κ2) is 15.2. The highest BCUT2D eigenvalue weighted by molar-refractivity contribution is 6.29. The molecule has 15 heteroatoms. The van der Waals surface area contributed by atoms with E-state index in [1.165, 1.54) is 18.3 Å². The Labute approximate surface area is 227 Å². The SMILES string of the molecule is CC.CC.CCCOc1cc(NC)cn(C(F)F)c1=O.O=CN1CC(C(F)(F)F)c2c1cnc1cc(Cl)nn21. The Morgan fingerprint density at radius 2 is 1.87 bits per heavy atom. The number of nitrogens with one attached hydrogen (secondary N) is 1. The summed E-state index contributed by atoms with van der Waals surface area (Å²) in [5.74, 6) is -1.86. The quantitative estimate of drug-likeness (QED) is 0.278. The number of carbonyl (C=O) groups is 1. The van der Waals surface area contributed by atoms with Crippen LogP contribution < -0.4 is 20.5 Å². The minimum absolute atomic E-state index is 0.0476. The third-order valence-electron chi connectivity index (χ3n) is 4.98. The van der Waals surface area contributed by atoms with Gasteiger partial charge in [-0.15, -0.1) is 0 Å². The van der Waals surface area contributed by atoms with Crippen LogP contribution in [0.3, 0.4) is 0 Å². The first-order chi connectivity index (χ1) is 18.5. The molecular weight excluding hydrogens is 551 g/mol. The molecule has 3 aromatic rings. The molecule has 0 spiro atoms. The number of pyridine rings is 1. The van der Waals surface area contributed by atoms with Crippen LogP contribution in [0.4, 0.5) is 33.3 Å². The lowest BCUT2D eigenvalue weighted by Gasteiger charge is -2.15. The molecule has 4 rings (SSSR count). The van der Waals surface area contributed by atoms with Crippen molar-refractivity contribution < 1.29 is 31.5 Å². The molecule has 0 aromatic carbocycles. The summed E-state index contributed by atoms with van der Waals surface area (Å²) in [6.07, 6.45) is -1.13. The van der Waals surface area contributed by atoms with Gasteiger partial charge in [0, 0.05) is 31.9 Å². The molecule has 0 saturated heterocycles. The molecule has 39 heavy (non-hydrogen) atoms. The second-order valence-corrected chi connectivity index (χ2v) is 7.69. The zero-order valence-corrected chi connectivity index (χ0v) is 23.1. The molecule has 9 nitrogen and oxygen atoms in total. The van der Waals surface area contributed by atoms with Crippen LogP contribution in [-0.4, -0.2) is 52.0 Å². The van der Waals surface area contributed by atoms with Crippen LogP contribution in [0.1, 0.15) is 59.2 Å². The van der Waals surface area contributed by atoms with Gasteiger partial charge in [-0.3, -0.25) is 14.2 Å². The zero-order valence-electron chi connectivity index (χ0n) is 22.4.